The average molecular weight is 385 g/mol. The number of alkyl halides is 3. The summed E-state index contributed by atoms with van der Waals surface area (Å²) in [7, 11) is 0. The molecule has 0 heterocycles. The summed E-state index contributed by atoms with van der Waals surface area (Å²) in [6.45, 7) is 4.68. The molecule has 1 fully saturated rings. The fraction of sp³-hybridized carbons (Fsp3) is 0.600. The minimum atomic E-state index is -4.47. The molecule has 0 amide bonds. The number of nitrogens with zero attached hydrogens (tertiary/aromatic N) is 1. The second kappa shape index (κ2) is 9.24. The highest BCUT2D eigenvalue weighted by molar-refractivity contribution is 5.85. The number of ether oxygens (including phenoxy) is 1. The van der Waals surface area contributed by atoms with Crippen molar-refractivity contribution < 1.29 is 27.5 Å². The monoisotopic (exact) mass is 385 g/mol. The third-order valence-electron chi connectivity index (χ3n) is 5.15. The number of hydrogen-bond donors (Lipinski definition) is 0. The van der Waals surface area contributed by atoms with Crippen LogP contribution in [0.1, 0.15) is 61.9 Å². The van der Waals surface area contributed by atoms with Gasteiger partial charge in [0.15, 0.2) is 6.29 Å². The molecular formula is C20H26F3NO3. The molecule has 27 heavy (non-hydrogen) atoms. The van der Waals surface area contributed by atoms with Crippen LogP contribution < -0.4 is 4.90 Å². The molecule has 0 aromatic heterocycles. The van der Waals surface area contributed by atoms with Crippen LogP contribution in [0.4, 0.5) is 18.9 Å². The minimum absolute atomic E-state index is 0.0559. The van der Waals surface area contributed by atoms with Crippen LogP contribution in [-0.2, 0) is 15.7 Å². The topological polar surface area (TPSA) is 46.6 Å². The highest BCUT2D eigenvalue weighted by Crippen LogP contribution is 2.36. The van der Waals surface area contributed by atoms with Crippen molar-refractivity contribution in [3.05, 3.63) is 29.3 Å². The van der Waals surface area contributed by atoms with Gasteiger partial charge in [-0.15, -0.1) is 0 Å². The predicted octanol–water partition coefficient (Wildman–Crippen LogP) is 4.86. The molecule has 1 saturated carbocycles. The van der Waals surface area contributed by atoms with Gasteiger partial charge in [0.05, 0.1) is 12.2 Å². The van der Waals surface area contributed by atoms with Gasteiger partial charge in [0.2, 0.25) is 0 Å². The van der Waals surface area contributed by atoms with Crippen molar-refractivity contribution >= 4 is 17.9 Å². The second-order valence-electron chi connectivity index (χ2n) is 6.86. The van der Waals surface area contributed by atoms with E-state index < -0.39 is 11.7 Å². The maximum absolute atomic E-state index is 12.9. The van der Waals surface area contributed by atoms with E-state index in [1.54, 1.807) is 6.92 Å². The molecule has 2 rings (SSSR count). The zero-order valence-electron chi connectivity index (χ0n) is 15.7. The number of esters is 1. The Bertz CT molecular complexity index is 652. The van der Waals surface area contributed by atoms with Gasteiger partial charge in [-0.2, -0.15) is 13.2 Å². The first kappa shape index (κ1) is 21.3. The highest BCUT2D eigenvalue weighted by Gasteiger charge is 2.32. The lowest BCUT2D eigenvalue weighted by Gasteiger charge is -2.38. The van der Waals surface area contributed by atoms with Crippen LogP contribution in [0.3, 0.4) is 0 Å². The normalized spacial score (nSPS) is 20.2. The Labute approximate surface area is 157 Å². The van der Waals surface area contributed by atoms with Gasteiger partial charge in [-0.1, -0.05) is 0 Å². The molecule has 0 saturated heterocycles. The number of benzene rings is 1. The minimum Gasteiger partial charge on any atom is -0.466 e. The summed E-state index contributed by atoms with van der Waals surface area (Å²) in [5.41, 5.74) is -0.225. The summed E-state index contributed by atoms with van der Waals surface area (Å²) in [5, 5.41) is 0. The largest absolute Gasteiger partial charge is 0.466 e. The maximum Gasteiger partial charge on any atom is 0.416 e. The van der Waals surface area contributed by atoms with E-state index in [2.05, 4.69) is 0 Å². The first-order valence-corrected chi connectivity index (χ1v) is 9.38. The van der Waals surface area contributed by atoms with Crippen molar-refractivity contribution in [3.63, 3.8) is 0 Å². The average Bonchev–Trinajstić information content (AvgIpc) is 2.63. The number of anilines is 1. The van der Waals surface area contributed by atoms with Gasteiger partial charge in [-0.25, -0.2) is 0 Å². The van der Waals surface area contributed by atoms with Gasteiger partial charge in [0.25, 0.3) is 0 Å². The SMILES string of the molecule is CCOC(=O)CC1CCC(N(CC)c2ccc(C(F)(F)F)cc2C=O)CC1. The lowest BCUT2D eigenvalue weighted by molar-refractivity contribution is -0.144. The molecule has 7 heteroatoms. The van der Waals surface area contributed by atoms with Gasteiger partial charge < -0.3 is 9.64 Å². The van der Waals surface area contributed by atoms with Crippen molar-refractivity contribution in [2.75, 3.05) is 18.1 Å². The van der Waals surface area contributed by atoms with Crippen molar-refractivity contribution in [1.82, 2.24) is 0 Å². The molecular weight excluding hydrogens is 359 g/mol. The van der Waals surface area contributed by atoms with E-state index in [1.165, 1.54) is 6.07 Å². The Morgan fingerprint density at radius 3 is 2.41 bits per heavy atom. The molecule has 1 aromatic rings. The van der Waals surface area contributed by atoms with Crippen LogP contribution in [0.5, 0.6) is 0 Å². The highest BCUT2D eigenvalue weighted by atomic mass is 19.4. The summed E-state index contributed by atoms with van der Waals surface area (Å²) in [6.07, 6.45) is -0.201. The van der Waals surface area contributed by atoms with Crippen LogP contribution in [0.2, 0.25) is 0 Å². The zero-order valence-corrected chi connectivity index (χ0v) is 15.7. The second-order valence-corrected chi connectivity index (χ2v) is 6.86. The van der Waals surface area contributed by atoms with Crippen LogP contribution in [0.15, 0.2) is 18.2 Å². The number of halogens is 3. The Balaban J connectivity index is 2.09. The van der Waals surface area contributed by atoms with E-state index in [4.69, 9.17) is 4.74 Å². The van der Waals surface area contributed by atoms with Crippen LogP contribution in [0, 0.1) is 5.92 Å². The van der Waals surface area contributed by atoms with E-state index in [9.17, 15) is 22.8 Å². The predicted molar refractivity (Wildman–Crippen MR) is 96.8 cm³/mol. The molecule has 1 aromatic carbocycles. The van der Waals surface area contributed by atoms with Crippen LogP contribution in [-0.4, -0.2) is 31.4 Å². The molecule has 0 atom stereocenters. The molecule has 1 aliphatic rings. The summed E-state index contributed by atoms with van der Waals surface area (Å²) >= 11 is 0. The Morgan fingerprint density at radius 1 is 1.22 bits per heavy atom. The fourth-order valence-electron chi connectivity index (χ4n) is 3.83. The fourth-order valence-corrected chi connectivity index (χ4v) is 3.83. The number of carbonyl (C=O) groups excluding carboxylic acids is 2. The van der Waals surface area contributed by atoms with Gasteiger partial charge in [0.1, 0.15) is 0 Å². The van der Waals surface area contributed by atoms with Crippen molar-refractivity contribution in [2.45, 2.75) is 58.2 Å². The molecule has 0 N–H and O–H groups in total. The first-order valence-electron chi connectivity index (χ1n) is 9.38. The van der Waals surface area contributed by atoms with Crippen LogP contribution >= 0.6 is 0 Å². The number of rotatable bonds is 7. The summed E-state index contributed by atoms with van der Waals surface area (Å²) in [6, 6.07) is 3.47. The third kappa shape index (κ3) is 5.47. The van der Waals surface area contributed by atoms with Gasteiger partial charge in [0, 0.05) is 30.3 Å². The Kier molecular flexibility index (Phi) is 7.27. The lowest BCUT2D eigenvalue weighted by atomic mass is 9.83. The molecule has 0 spiro atoms. The number of aldehydes is 1. The summed E-state index contributed by atoms with van der Waals surface area (Å²) < 4.78 is 43.7. The van der Waals surface area contributed by atoms with Gasteiger partial charge >= 0.3 is 12.1 Å². The van der Waals surface area contributed by atoms with E-state index in [0.717, 1.165) is 37.8 Å². The molecule has 0 unspecified atom stereocenters. The number of hydrogen-bond acceptors (Lipinski definition) is 4. The Morgan fingerprint density at radius 2 is 1.89 bits per heavy atom. The standard InChI is InChI=1S/C20H26F3NO3/c1-3-24(17-8-5-14(6-9-17)11-19(26)27-4-2)18-10-7-16(20(21,22)23)12-15(18)13-25/h7,10,12-14,17H,3-6,8-9,11H2,1-2H3. The summed E-state index contributed by atoms with van der Waals surface area (Å²) in [4.78, 5) is 25.0. The molecule has 1 aliphatic carbocycles. The summed E-state index contributed by atoms with van der Waals surface area (Å²) in [5.74, 6) is 0.0939. The van der Waals surface area contributed by atoms with Crippen molar-refractivity contribution in [3.8, 4) is 0 Å². The van der Waals surface area contributed by atoms with Crippen LogP contribution in [0.25, 0.3) is 0 Å². The zero-order chi connectivity index (χ0) is 20.0. The molecule has 4 nitrogen and oxygen atoms in total. The lowest BCUT2D eigenvalue weighted by Crippen LogP contribution is -2.39. The third-order valence-corrected chi connectivity index (χ3v) is 5.15. The van der Waals surface area contributed by atoms with E-state index >= 15 is 0 Å². The van der Waals surface area contributed by atoms with E-state index in [1.807, 2.05) is 11.8 Å². The van der Waals surface area contributed by atoms with Gasteiger partial charge in [-0.3, -0.25) is 9.59 Å². The maximum atomic E-state index is 12.9. The Hall–Kier alpha value is -2.05. The van der Waals surface area contributed by atoms with Crippen molar-refractivity contribution in [2.24, 2.45) is 5.92 Å². The van der Waals surface area contributed by atoms with Gasteiger partial charge in [-0.05, 0) is 63.6 Å². The quantitative estimate of drug-likeness (QED) is 0.497. The first-order chi connectivity index (χ1) is 12.8. The van der Waals surface area contributed by atoms with E-state index in [0.29, 0.717) is 31.5 Å². The van der Waals surface area contributed by atoms with Crippen molar-refractivity contribution in [1.29, 1.82) is 0 Å². The smallest absolute Gasteiger partial charge is 0.416 e. The molecule has 0 bridgehead atoms. The molecule has 150 valence electrons. The van der Waals surface area contributed by atoms with E-state index in [-0.39, 0.29) is 23.5 Å². The molecule has 0 aliphatic heterocycles. The molecule has 0 radical (unpaired) electrons. The number of carbonyl (C=O) groups is 2.